The molecule has 0 unspecified atom stereocenters. The van der Waals surface area contributed by atoms with Crippen molar-refractivity contribution in [3.05, 3.63) is 53.9 Å². The Morgan fingerprint density at radius 3 is 2.96 bits per heavy atom. The van der Waals surface area contributed by atoms with Gasteiger partial charge in [-0.3, -0.25) is 14.7 Å². The maximum Gasteiger partial charge on any atom is 0.270 e. The number of aryl methyl sites for hydroxylation is 1. The van der Waals surface area contributed by atoms with Crippen LogP contribution in [-0.4, -0.2) is 45.4 Å². The van der Waals surface area contributed by atoms with E-state index >= 15 is 0 Å². The number of nitrogens with zero attached hydrogens (tertiary/aromatic N) is 4. The molecule has 0 bridgehead atoms. The Morgan fingerprint density at radius 1 is 1.32 bits per heavy atom. The van der Waals surface area contributed by atoms with Crippen LogP contribution in [0.25, 0.3) is 0 Å². The minimum Gasteiger partial charge on any atom is -0.350 e. The number of nitrogens with one attached hydrogen (secondary N) is 1. The molecule has 3 heterocycles. The summed E-state index contributed by atoms with van der Waals surface area (Å²) in [6.07, 6.45) is 8.27. The molecule has 0 saturated carbocycles. The predicted octanol–water partition coefficient (Wildman–Crippen LogP) is 2.08. The first kappa shape index (κ1) is 17.5. The number of rotatable bonds is 6. The lowest BCUT2D eigenvalue weighted by Gasteiger charge is -2.32. The topological polar surface area (TPSA) is 71.0 Å². The number of pyridine rings is 1. The highest BCUT2D eigenvalue weighted by Crippen LogP contribution is 2.18. The zero-order valence-corrected chi connectivity index (χ0v) is 14.7. The van der Waals surface area contributed by atoms with Crippen LogP contribution in [0.1, 0.15) is 41.5 Å². The van der Waals surface area contributed by atoms with Gasteiger partial charge in [0.05, 0.1) is 5.69 Å². The van der Waals surface area contributed by atoms with E-state index in [4.69, 9.17) is 0 Å². The molecule has 1 N–H and O–H groups in total. The Kier molecular flexibility index (Phi) is 6.06. The maximum absolute atomic E-state index is 12.1. The first-order valence-corrected chi connectivity index (χ1v) is 8.95. The molecule has 0 aromatic carbocycles. The molecule has 1 aliphatic rings. The maximum atomic E-state index is 12.1. The van der Waals surface area contributed by atoms with E-state index in [-0.39, 0.29) is 5.91 Å². The van der Waals surface area contributed by atoms with Gasteiger partial charge in [-0.2, -0.15) is 0 Å². The summed E-state index contributed by atoms with van der Waals surface area (Å²) >= 11 is 0. The van der Waals surface area contributed by atoms with E-state index in [0.29, 0.717) is 18.2 Å². The van der Waals surface area contributed by atoms with E-state index in [9.17, 15) is 4.79 Å². The Balaban J connectivity index is 1.48. The largest absolute Gasteiger partial charge is 0.350 e. The van der Waals surface area contributed by atoms with Crippen molar-refractivity contribution in [1.82, 2.24) is 25.2 Å². The van der Waals surface area contributed by atoms with Gasteiger partial charge in [0, 0.05) is 32.0 Å². The molecule has 2 aromatic heterocycles. The van der Waals surface area contributed by atoms with Crippen molar-refractivity contribution in [3.8, 4) is 0 Å². The molecule has 132 valence electrons. The third kappa shape index (κ3) is 5.06. The smallest absolute Gasteiger partial charge is 0.270 e. The normalized spacial score (nSPS) is 18.0. The van der Waals surface area contributed by atoms with Gasteiger partial charge in [-0.1, -0.05) is 13.0 Å². The molecule has 1 saturated heterocycles. The Labute approximate surface area is 148 Å². The average Bonchev–Trinajstić information content (AvgIpc) is 2.68. The molecule has 0 radical (unpaired) electrons. The fourth-order valence-corrected chi connectivity index (χ4v) is 3.20. The van der Waals surface area contributed by atoms with Gasteiger partial charge >= 0.3 is 0 Å². The molecule has 25 heavy (non-hydrogen) atoms. The van der Waals surface area contributed by atoms with Crippen LogP contribution in [0.15, 0.2) is 36.9 Å². The number of carbonyl (C=O) groups is 1. The van der Waals surface area contributed by atoms with Gasteiger partial charge in [-0.05, 0) is 49.4 Å². The van der Waals surface area contributed by atoms with Crippen molar-refractivity contribution in [2.24, 2.45) is 5.92 Å². The molecular formula is C19H25N5O. The highest BCUT2D eigenvalue weighted by molar-refractivity contribution is 5.92. The van der Waals surface area contributed by atoms with Crippen molar-refractivity contribution in [2.75, 3.05) is 19.6 Å². The van der Waals surface area contributed by atoms with Gasteiger partial charge in [0.15, 0.2) is 0 Å². The monoisotopic (exact) mass is 339 g/mol. The number of likely N-dealkylation sites (tertiary alicyclic amines) is 1. The van der Waals surface area contributed by atoms with Gasteiger partial charge in [0.2, 0.25) is 0 Å². The van der Waals surface area contributed by atoms with E-state index in [2.05, 4.69) is 44.2 Å². The Bertz CT molecular complexity index is 674. The van der Waals surface area contributed by atoms with Crippen LogP contribution in [-0.2, 0) is 13.0 Å². The number of hydrogen-bond donors (Lipinski definition) is 1. The number of piperidine rings is 1. The average molecular weight is 339 g/mol. The number of carbonyl (C=O) groups excluding carboxylic acids is 1. The van der Waals surface area contributed by atoms with E-state index < -0.39 is 0 Å². The Morgan fingerprint density at radius 2 is 2.24 bits per heavy atom. The number of aromatic nitrogens is 3. The Hall–Kier alpha value is -2.34. The van der Waals surface area contributed by atoms with E-state index in [1.165, 1.54) is 11.9 Å². The highest BCUT2D eigenvalue weighted by atomic mass is 16.1. The van der Waals surface area contributed by atoms with Crippen LogP contribution in [0.4, 0.5) is 0 Å². The highest BCUT2D eigenvalue weighted by Gasteiger charge is 2.21. The van der Waals surface area contributed by atoms with Crippen LogP contribution in [0.2, 0.25) is 0 Å². The van der Waals surface area contributed by atoms with Crippen molar-refractivity contribution >= 4 is 5.91 Å². The predicted molar refractivity (Wildman–Crippen MR) is 96.0 cm³/mol. The first-order chi connectivity index (χ1) is 12.2. The quantitative estimate of drug-likeness (QED) is 0.872. The van der Waals surface area contributed by atoms with Crippen LogP contribution >= 0.6 is 0 Å². The van der Waals surface area contributed by atoms with Crippen molar-refractivity contribution in [3.63, 3.8) is 0 Å². The van der Waals surface area contributed by atoms with Crippen LogP contribution < -0.4 is 5.32 Å². The van der Waals surface area contributed by atoms with Crippen LogP contribution in [0.5, 0.6) is 0 Å². The van der Waals surface area contributed by atoms with E-state index in [0.717, 1.165) is 44.6 Å². The first-order valence-electron chi connectivity index (χ1n) is 8.95. The summed E-state index contributed by atoms with van der Waals surface area (Å²) in [6, 6.07) is 5.92. The standard InChI is InChI=1S/C19H25N5O/c1-2-15-5-6-17(21-10-15)13-24-9-3-4-16(12-24)11-22-19(25)18-7-8-20-14-23-18/h5-8,10,14,16H,2-4,9,11-13H2,1H3,(H,22,25)/t16-/m0/s1. The third-order valence-corrected chi connectivity index (χ3v) is 4.65. The van der Waals surface area contributed by atoms with Gasteiger partial charge in [-0.15, -0.1) is 0 Å². The molecule has 6 nitrogen and oxygen atoms in total. The lowest BCUT2D eigenvalue weighted by Crippen LogP contribution is -2.40. The molecule has 3 rings (SSSR count). The molecule has 1 atom stereocenters. The summed E-state index contributed by atoms with van der Waals surface area (Å²) < 4.78 is 0. The number of amides is 1. The third-order valence-electron chi connectivity index (χ3n) is 4.65. The molecule has 6 heteroatoms. The summed E-state index contributed by atoms with van der Waals surface area (Å²) in [5, 5.41) is 3.00. The fourth-order valence-electron chi connectivity index (χ4n) is 3.20. The molecule has 2 aromatic rings. The molecular weight excluding hydrogens is 314 g/mol. The lowest BCUT2D eigenvalue weighted by molar-refractivity contribution is 0.0925. The number of hydrogen-bond acceptors (Lipinski definition) is 5. The minimum absolute atomic E-state index is 0.128. The van der Waals surface area contributed by atoms with Crippen molar-refractivity contribution in [1.29, 1.82) is 0 Å². The van der Waals surface area contributed by atoms with E-state index in [1.807, 2.05) is 6.20 Å². The SMILES string of the molecule is CCc1ccc(CN2CCC[C@@H](CNC(=O)c3ccncn3)C2)nc1. The zero-order chi connectivity index (χ0) is 17.5. The second kappa shape index (κ2) is 8.67. The zero-order valence-electron chi connectivity index (χ0n) is 14.7. The van der Waals surface area contributed by atoms with Crippen LogP contribution in [0, 0.1) is 5.92 Å². The molecule has 1 amide bonds. The molecule has 1 aliphatic heterocycles. The van der Waals surface area contributed by atoms with Gasteiger partial charge in [-0.25, -0.2) is 9.97 Å². The summed E-state index contributed by atoms with van der Waals surface area (Å²) in [6.45, 7) is 5.78. The van der Waals surface area contributed by atoms with Crippen molar-refractivity contribution < 1.29 is 4.79 Å². The molecule has 0 spiro atoms. The second-order valence-corrected chi connectivity index (χ2v) is 6.56. The van der Waals surface area contributed by atoms with Gasteiger partial charge in [0.25, 0.3) is 5.91 Å². The molecule has 0 aliphatic carbocycles. The minimum atomic E-state index is -0.128. The second-order valence-electron chi connectivity index (χ2n) is 6.56. The summed E-state index contributed by atoms with van der Waals surface area (Å²) in [7, 11) is 0. The van der Waals surface area contributed by atoms with Crippen molar-refractivity contribution in [2.45, 2.75) is 32.7 Å². The molecule has 1 fully saturated rings. The summed E-state index contributed by atoms with van der Waals surface area (Å²) in [4.78, 5) is 26.9. The summed E-state index contributed by atoms with van der Waals surface area (Å²) in [5.41, 5.74) is 2.80. The van der Waals surface area contributed by atoms with Gasteiger partial charge in [0.1, 0.15) is 12.0 Å². The van der Waals surface area contributed by atoms with Crippen LogP contribution in [0.3, 0.4) is 0 Å². The lowest BCUT2D eigenvalue weighted by atomic mass is 9.97. The van der Waals surface area contributed by atoms with E-state index in [1.54, 1.807) is 12.3 Å². The fraction of sp³-hybridized carbons (Fsp3) is 0.474. The van der Waals surface area contributed by atoms with Gasteiger partial charge < -0.3 is 5.32 Å². The summed E-state index contributed by atoms with van der Waals surface area (Å²) in [5.74, 6) is 0.339.